The topological polar surface area (TPSA) is 71.9 Å². The molecule has 1 aliphatic rings. The first-order valence-electron chi connectivity index (χ1n) is 10.6. The van der Waals surface area contributed by atoms with E-state index in [0.717, 1.165) is 48.0 Å². The lowest BCUT2D eigenvalue weighted by Gasteiger charge is -2.19. The number of carbonyl (C=O) groups excluding carboxylic acids is 1. The van der Waals surface area contributed by atoms with Crippen LogP contribution in [0.3, 0.4) is 0 Å². The number of hydrogen-bond donors (Lipinski definition) is 2. The Morgan fingerprint density at radius 3 is 2.84 bits per heavy atom. The van der Waals surface area contributed by atoms with Gasteiger partial charge in [-0.05, 0) is 67.2 Å². The highest BCUT2D eigenvalue weighted by Crippen LogP contribution is 2.28. The van der Waals surface area contributed by atoms with Crippen LogP contribution in [-0.2, 0) is 11.2 Å². The average molecular weight is 417 g/mol. The Balaban J connectivity index is 1.44. The maximum absolute atomic E-state index is 14.7. The number of aryl methyl sites for hydroxylation is 1. The normalized spacial score (nSPS) is 14.1. The number of para-hydroxylation sites is 1. The fraction of sp³-hybridized carbons (Fsp3) is 0.280. The van der Waals surface area contributed by atoms with E-state index in [2.05, 4.69) is 10.3 Å². The average Bonchev–Trinajstić information content (AvgIpc) is 3.44. The van der Waals surface area contributed by atoms with Crippen molar-refractivity contribution in [2.24, 2.45) is 0 Å². The molecule has 0 saturated carbocycles. The number of nitriles is 1. The number of aromatic amines is 1. The van der Waals surface area contributed by atoms with Gasteiger partial charge in [0.1, 0.15) is 17.5 Å². The molecule has 0 radical (unpaired) electrons. The number of nitrogens with one attached hydrogen (secondary N) is 2. The maximum Gasteiger partial charge on any atom is 0.261 e. The summed E-state index contributed by atoms with van der Waals surface area (Å²) >= 11 is 0. The molecule has 2 heterocycles. The molecule has 1 aromatic heterocycles. The third-order valence-corrected chi connectivity index (χ3v) is 5.80. The predicted molar refractivity (Wildman–Crippen MR) is 121 cm³/mol. The van der Waals surface area contributed by atoms with E-state index in [4.69, 9.17) is 0 Å². The summed E-state index contributed by atoms with van der Waals surface area (Å²) in [6, 6.07) is 13.2. The molecule has 5 nitrogen and oxygen atoms in total. The van der Waals surface area contributed by atoms with Crippen molar-refractivity contribution in [3.05, 3.63) is 70.7 Å². The van der Waals surface area contributed by atoms with Crippen molar-refractivity contribution in [3.8, 4) is 6.07 Å². The monoisotopic (exact) mass is 416 g/mol. The van der Waals surface area contributed by atoms with Crippen molar-refractivity contribution >= 4 is 28.6 Å². The highest BCUT2D eigenvalue weighted by molar-refractivity contribution is 6.01. The number of benzene rings is 2. The van der Waals surface area contributed by atoms with Crippen LogP contribution in [0.5, 0.6) is 0 Å². The van der Waals surface area contributed by atoms with Gasteiger partial charge in [-0.3, -0.25) is 4.79 Å². The zero-order chi connectivity index (χ0) is 21.8. The highest BCUT2D eigenvalue weighted by atomic mass is 19.1. The van der Waals surface area contributed by atoms with E-state index < -0.39 is 5.91 Å². The minimum atomic E-state index is -0.453. The van der Waals surface area contributed by atoms with Gasteiger partial charge in [0.05, 0.1) is 5.69 Å². The number of anilines is 1. The maximum atomic E-state index is 14.7. The molecule has 4 rings (SSSR count). The van der Waals surface area contributed by atoms with E-state index in [9.17, 15) is 14.4 Å². The quantitative estimate of drug-likeness (QED) is 0.460. The lowest BCUT2D eigenvalue weighted by atomic mass is 10.0. The second-order valence-corrected chi connectivity index (χ2v) is 7.89. The molecule has 0 spiro atoms. The molecular weight excluding hydrogens is 391 g/mol. The molecule has 2 N–H and O–H groups in total. The van der Waals surface area contributed by atoms with E-state index in [-0.39, 0.29) is 11.4 Å². The fourth-order valence-corrected chi connectivity index (χ4v) is 4.09. The Morgan fingerprint density at radius 2 is 2.06 bits per heavy atom. The van der Waals surface area contributed by atoms with Gasteiger partial charge in [0.15, 0.2) is 0 Å². The molecule has 1 fully saturated rings. The number of amides is 1. The van der Waals surface area contributed by atoms with E-state index >= 15 is 0 Å². The van der Waals surface area contributed by atoms with Gasteiger partial charge in [-0.2, -0.15) is 5.26 Å². The molecule has 1 saturated heterocycles. The van der Waals surface area contributed by atoms with Gasteiger partial charge in [0, 0.05) is 36.7 Å². The molecule has 158 valence electrons. The Morgan fingerprint density at radius 1 is 1.29 bits per heavy atom. The highest BCUT2D eigenvalue weighted by Gasteiger charge is 2.18. The predicted octanol–water partition coefficient (Wildman–Crippen LogP) is 4.48. The first kappa shape index (κ1) is 20.7. The Bertz CT molecular complexity index is 1180. The molecule has 0 atom stereocenters. The summed E-state index contributed by atoms with van der Waals surface area (Å²) in [4.78, 5) is 17.8. The minimum Gasteiger partial charge on any atom is -0.369 e. The molecule has 0 unspecified atom stereocenters. The molecule has 3 aromatic rings. The van der Waals surface area contributed by atoms with Crippen LogP contribution in [0.15, 0.2) is 48.2 Å². The van der Waals surface area contributed by atoms with Crippen molar-refractivity contribution in [2.45, 2.75) is 26.2 Å². The lowest BCUT2D eigenvalue weighted by Crippen LogP contribution is -2.26. The van der Waals surface area contributed by atoms with Gasteiger partial charge in [-0.15, -0.1) is 0 Å². The molecule has 1 amide bonds. The van der Waals surface area contributed by atoms with Crippen LogP contribution < -0.4 is 10.2 Å². The molecule has 2 aromatic carbocycles. The van der Waals surface area contributed by atoms with Crippen LogP contribution in [0.1, 0.15) is 29.5 Å². The van der Waals surface area contributed by atoms with Crippen molar-refractivity contribution < 1.29 is 9.18 Å². The summed E-state index contributed by atoms with van der Waals surface area (Å²) in [6.07, 6.45) is 6.18. The van der Waals surface area contributed by atoms with Gasteiger partial charge in [-0.1, -0.05) is 18.2 Å². The SMILES string of the molecule is Cc1cc(N2CCCC2)c(F)cc1/C=C(/C#N)C(=O)NCCc1c[nH]c2ccccc12. The molecule has 6 heteroatoms. The fourth-order valence-electron chi connectivity index (χ4n) is 4.09. The van der Waals surface area contributed by atoms with Crippen LogP contribution >= 0.6 is 0 Å². The Labute approximate surface area is 181 Å². The molecule has 0 aliphatic carbocycles. The number of H-pyrrole nitrogens is 1. The molecule has 1 aliphatic heterocycles. The summed E-state index contributed by atoms with van der Waals surface area (Å²) in [5.74, 6) is -0.776. The van der Waals surface area contributed by atoms with Crippen LogP contribution in [0.4, 0.5) is 10.1 Å². The van der Waals surface area contributed by atoms with E-state index in [0.29, 0.717) is 24.2 Å². The summed E-state index contributed by atoms with van der Waals surface area (Å²) < 4.78 is 14.7. The summed E-state index contributed by atoms with van der Waals surface area (Å²) in [7, 11) is 0. The Hall–Kier alpha value is -3.59. The first-order valence-corrected chi connectivity index (χ1v) is 10.6. The van der Waals surface area contributed by atoms with Crippen molar-refractivity contribution in [1.82, 2.24) is 10.3 Å². The van der Waals surface area contributed by atoms with Gasteiger partial charge < -0.3 is 15.2 Å². The summed E-state index contributed by atoms with van der Waals surface area (Å²) in [5, 5.41) is 13.4. The van der Waals surface area contributed by atoms with Crippen LogP contribution in [0, 0.1) is 24.1 Å². The largest absolute Gasteiger partial charge is 0.369 e. The lowest BCUT2D eigenvalue weighted by molar-refractivity contribution is -0.117. The van der Waals surface area contributed by atoms with Crippen LogP contribution in [-0.4, -0.2) is 30.5 Å². The second kappa shape index (κ2) is 9.05. The number of fused-ring (bicyclic) bond motifs is 1. The van der Waals surface area contributed by atoms with Crippen LogP contribution in [0.2, 0.25) is 0 Å². The zero-order valence-corrected chi connectivity index (χ0v) is 17.5. The van der Waals surface area contributed by atoms with Gasteiger partial charge in [0.2, 0.25) is 0 Å². The van der Waals surface area contributed by atoms with Gasteiger partial charge in [0.25, 0.3) is 5.91 Å². The van der Waals surface area contributed by atoms with Crippen molar-refractivity contribution in [1.29, 1.82) is 5.26 Å². The number of aromatic nitrogens is 1. The number of hydrogen-bond acceptors (Lipinski definition) is 3. The number of carbonyl (C=O) groups is 1. The summed E-state index contributed by atoms with van der Waals surface area (Å²) in [5.41, 5.74) is 4.10. The Kier molecular flexibility index (Phi) is 6.03. The first-order chi connectivity index (χ1) is 15.1. The van der Waals surface area contributed by atoms with Crippen molar-refractivity contribution in [3.63, 3.8) is 0 Å². The summed E-state index contributed by atoms with van der Waals surface area (Å²) in [6.45, 7) is 3.98. The standard InChI is InChI=1S/C25H25FN4O/c1-17-12-24(30-10-4-5-11-30)22(26)14-19(17)13-20(15-27)25(31)28-9-8-18-16-29-23-7-3-2-6-21(18)23/h2-3,6-7,12-14,16,29H,4-5,8-11H2,1H3,(H,28,31)/b20-13-. The number of rotatable bonds is 6. The van der Waals surface area contributed by atoms with E-state index in [1.807, 2.05) is 48.4 Å². The van der Waals surface area contributed by atoms with E-state index in [1.54, 1.807) is 6.07 Å². The third-order valence-electron chi connectivity index (χ3n) is 5.80. The van der Waals surface area contributed by atoms with Gasteiger partial charge in [-0.25, -0.2) is 4.39 Å². The molecular formula is C25H25FN4O. The van der Waals surface area contributed by atoms with E-state index in [1.165, 1.54) is 12.1 Å². The molecule has 0 bridgehead atoms. The zero-order valence-electron chi connectivity index (χ0n) is 17.5. The second-order valence-electron chi connectivity index (χ2n) is 7.89. The minimum absolute atomic E-state index is 0.0321. The molecule has 31 heavy (non-hydrogen) atoms. The van der Waals surface area contributed by atoms with Crippen molar-refractivity contribution in [2.75, 3.05) is 24.5 Å². The number of nitrogens with zero attached hydrogens (tertiary/aromatic N) is 2. The third kappa shape index (κ3) is 4.46. The smallest absolute Gasteiger partial charge is 0.261 e. The number of halogens is 1. The van der Waals surface area contributed by atoms with Crippen LogP contribution in [0.25, 0.3) is 17.0 Å². The van der Waals surface area contributed by atoms with Gasteiger partial charge >= 0.3 is 0 Å².